The number of rotatable bonds is 12. The van der Waals surface area contributed by atoms with E-state index in [2.05, 4.69) is 6.92 Å². The van der Waals surface area contributed by atoms with Crippen molar-refractivity contribution < 1.29 is 25.2 Å². The van der Waals surface area contributed by atoms with Gasteiger partial charge in [-0.05, 0) is 31.6 Å². The standard InChI is InChI=1S/C20H34O5.CH4/c1-2-3-6-9-15(21)12-13-17-16(18(22)14-19(17)23)10-7-4-5-8-11-20(24)25;/h4,7,12-13,15-19,21-23H,2-3,5-6,8-11,14H2,1H3,(H,24,25);1H4/b7-4-,13-12+;/t15-,16+,17+,18-,19+;/m0./s1. The van der Waals surface area contributed by atoms with Crippen LogP contribution in [-0.2, 0) is 4.79 Å². The Balaban J connectivity index is 0.00000625. The largest absolute Gasteiger partial charge is 0.481 e. The molecule has 0 saturated heterocycles. The summed E-state index contributed by atoms with van der Waals surface area (Å²) in [5.41, 5.74) is 0. The summed E-state index contributed by atoms with van der Waals surface area (Å²) in [5, 5.41) is 39.0. The van der Waals surface area contributed by atoms with Crippen molar-refractivity contribution in [2.75, 3.05) is 0 Å². The zero-order chi connectivity index (χ0) is 18.7. The summed E-state index contributed by atoms with van der Waals surface area (Å²) in [6, 6.07) is 0. The summed E-state index contributed by atoms with van der Waals surface area (Å²) in [6.07, 6.45) is 12.3. The molecule has 0 aromatic rings. The maximum Gasteiger partial charge on any atom is 0.303 e. The molecule has 0 radical (unpaired) electrons. The molecule has 0 heterocycles. The lowest BCUT2D eigenvalue weighted by molar-refractivity contribution is -0.137. The third-order valence-electron chi connectivity index (χ3n) is 4.91. The fraction of sp³-hybridized carbons (Fsp3) is 0.762. The quantitative estimate of drug-likeness (QED) is 0.310. The van der Waals surface area contributed by atoms with Gasteiger partial charge in [-0.1, -0.05) is 57.9 Å². The molecule has 5 heteroatoms. The Hall–Kier alpha value is -1.17. The molecule has 5 nitrogen and oxygen atoms in total. The molecule has 4 N–H and O–H groups in total. The van der Waals surface area contributed by atoms with Gasteiger partial charge >= 0.3 is 5.97 Å². The highest BCUT2D eigenvalue weighted by Crippen LogP contribution is 2.36. The van der Waals surface area contributed by atoms with Crippen molar-refractivity contribution in [2.45, 2.75) is 90.4 Å². The molecule has 5 atom stereocenters. The minimum absolute atomic E-state index is 0. The van der Waals surface area contributed by atoms with Crippen molar-refractivity contribution in [2.24, 2.45) is 11.8 Å². The summed E-state index contributed by atoms with van der Waals surface area (Å²) < 4.78 is 0. The van der Waals surface area contributed by atoms with Crippen molar-refractivity contribution in [3.8, 4) is 0 Å². The molecule has 152 valence electrons. The van der Waals surface area contributed by atoms with Crippen LogP contribution in [0.4, 0.5) is 0 Å². The highest BCUT2D eigenvalue weighted by Gasteiger charge is 2.39. The molecule has 0 amide bonds. The van der Waals surface area contributed by atoms with E-state index >= 15 is 0 Å². The molecule has 0 aromatic heterocycles. The van der Waals surface area contributed by atoms with Crippen LogP contribution in [0.1, 0.15) is 72.1 Å². The molecule has 0 spiro atoms. The lowest BCUT2D eigenvalue weighted by atomic mass is 9.89. The van der Waals surface area contributed by atoms with Gasteiger partial charge in [-0.2, -0.15) is 0 Å². The minimum atomic E-state index is -0.787. The van der Waals surface area contributed by atoms with E-state index in [1.54, 1.807) is 6.08 Å². The summed E-state index contributed by atoms with van der Waals surface area (Å²) >= 11 is 0. The molecule has 1 fully saturated rings. The predicted octanol–water partition coefficient (Wildman–Crippen LogP) is 3.68. The van der Waals surface area contributed by atoms with E-state index in [1.165, 1.54) is 0 Å². The van der Waals surface area contributed by atoms with Gasteiger partial charge < -0.3 is 20.4 Å². The van der Waals surface area contributed by atoms with E-state index in [0.717, 1.165) is 25.7 Å². The zero-order valence-corrected chi connectivity index (χ0v) is 15.3. The number of carboxylic acids is 1. The first-order valence-electron chi connectivity index (χ1n) is 9.55. The first-order valence-corrected chi connectivity index (χ1v) is 9.55. The van der Waals surface area contributed by atoms with Gasteiger partial charge in [-0.3, -0.25) is 4.79 Å². The number of aliphatic carboxylic acids is 1. The number of allylic oxidation sites excluding steroid dienone is 2. The predicted molar refractivity (Wildman–Crippen MR) is 105 cm³/mol. The average Bonchev–Trinajstić information content (AvgIpc) is 2.82. The van der Waals surface area contributed by atoms with Gasteiger partial charge in [0.1, 0.15) is 0 Å². The smallest absolute Gasteiger partial charge is 0.303 e. The van der Waals surface area contributed by atoms with Gasteiger partial charge in [0, 0.05) is 18.8 Å². The van der Waals surface area contributed by atoms with Crippen LogP contribution in [0.5, 0.6) is 0 Å². The molecular weight excluding hydrogens is 332 g/mol. The highest BCUT2D eigenvalue weighted by molar-refractivity contribution is 5.66. The van der Waals surface area contributed by atoms with Crippen LogP contribution in [0.15, 0.2) is 24.3 Å². The van der Waals surface area contributed by atoms with E-state index in [4.69, 9.17) is 5.11 Å². The van der Waals surface area contributed by atoms with Crippen molar-refractivity contribution in [3.05, 3.63) is 24.3 Å². The first kappa shape index (κ1) is 24.8. The first-order chi connectivity index (χ1) is 12.0. The maximum absolute atomic E-state index is 10.5. The number of hydrogen-bond acceptors (Lipinski definition) is 4. The van der Waals surface area contributed by atoms with Crippen LogP contribution in [0.2, 0.25) is 0 Å². The van der Waals surface area contributed by atoms with Crippen molar-refractivity contribution >= 4 is 5.97 Å². The number of hydrogen-bond donors (Lipinski definition) is 4. The number of unbranched alkanes of at least 4 members (excludes halogenated alkanes) is 3. The van der Waals surface area contributed by atoms with Crippen LogP contribution >= 0.6 is 0 Å². The lowest BCUT2D eigenvalue weighted by Crippen LogP contribution is -2.20. The Labute approximate surface area is 158 Å². The minimum Gasteiger partial charge on any atom is -0.481 e. The molecular formula is C21H38O5. The molecule has 0 unspecified atom stereocenters. The maximum atomic E-state index is 10.5. The molecule has 0 aromatic carbocycles. The van der Waals surface area contributed by atoms with Crippen LogP contribution < -0.4 is 0 Å². The fourth-order valence-corrected chi connectivity index (χ4v) is 3.41. The summed E-state index contributed by atoms with van der Waals surface area (Å²) in [7, 11) is 0. The number of carboxylic acid groups (broad SMARTS) is 1. The average molecular weight is 371 g/mol. The van der Waals surface area contributed by atoms with Gasteiger partial charge in [0.15, 0.2) is 0 Å². The van der Waals surface area contributed by atoms with Crippen molar-refractivity contribution in [3.63, 3.8) is 0 Å². The topological polar surface area (TPSA) is 98.0 Å². The van der Waals surface area contributed by atoms with Crippen LogP contribution in [0, 0.1) is 11.8 Å². The molecule has 1 aliphatic carbocycles. The number of carbonyl (C=O) groups is 1. The van der Waals surface area contributed by atoms with Crippen LogP contribution in [-0.4, -0.2) is 44.7 Å². The number of aliphatic hydroxyl groups excluding tert-OH is 3. The van der Waals surface area contributed by atoms with Gasteiger partial charge in [0.05, 0.1) is 18.3 Å². The Morgan fingerprint density at radius 2 is 1.88 bits per heavy atom. The van der Waals surface area contributed by atoms with E-state index < -0.39 is 24.3 Å². The zero-order valence-electron chi connectivity index (χ0n) is 15.3. The highest BCUT2D eigenvalue weighted by atomic mass is 16.4. The molecule has 1 saturated carbocycles. The van der Waals surface area contributed by atoms with Gasteiger partial charge in [0.2, 0.25) is 0 Å². The Morgan fingerprint density at radius 3 is 2.54 bits per heavy atom. The lowest BCUT2D eigenvalue weighted by Gasteiger charge is -2.19. The second kappa shape index (κ2) is 14.0. The monoisotopic (exact) mass is 370 g/mol. The van der Waals surface area contributed by atoms with Crippen LogP contribution in [0.25, 0.3) is 0 Å². The molecule has 26 heavy (non-hydrogen) atoms. The van der Waals surface area contributed by atoms with E-state index in [1.807, 2.05) is 18.2 Å². The second-order valence-corrected chi connectivity index (χ2v) is 7.05. The SMILES string of the molecule is C.CCCCC[C@H](O)/C=C/[C@@H]1[C@@H](C/C=C\CCCC(=O)O)[C@@H](O)C[C@H]1O. The Kier molecular flexibility index (Phi) is 13.3. The molecule has 1 rings (SSSR count). The molecule has 0 bridgehead atoms. The second-order valence-electron chi connectivity index (χ2n) is 7.05. The van der Waals surface area contributed by atoms with Crippen molar-refractivity contribution in [1.29, 1.82) is 0 Å². The third kappa shape index (κ3) is 9.51. The summed E-state index contributed by atoms with van der Waals surface area (Å²) in [6.45, 7) is 2.12. The van der Waals surface area contributed by atoms with Gasteiger partial charge in [-0.15, -0.1) is 0 Å². The Morgan fingerprint density at radius 1 is 1.15 bits per heavy atom. The summed E-state index contributed by atoms with van der Waals surface area (Å²) in [4.78, 5) is 10.5. The van der Waals surface area contributed by atoms with Crippen LogP contribution in [0.3, 0.4) is 0 Å². The van der Waals surface area contributed by atoms with Gasteiger partial charge in [0.25, 0.3) is 0 Å². The number of aliphatic hydroxyl groups is 3. The van der Waals surface area contributed by atoms with Crippen molar-refractivity contribution in [1.82, 2.24) is 0 Å². The summed E-state index contributed by atoms with van der Waals surface area (Å²) in [5.74, 6) is -1.00. The molecule has 1 aliphatic rings. The van der Waals surface area contributed by atoms with E-state index in [9.17, 15) is 20.1 Å². The van der Waals surface area contributed by atoms with Gasteiger partial charge in [-0.25, -0.2) is 0 Å². The van der Waals surface area contributed by atoms with E-state index in [0.29, 0.717) is 25.7 Å². The Bertz CT molecular complexity index is 432. The van der Waals surface area contributed by atoms with E-state index in [-0.39, 0.29) is 25.7 Å². The molecule has 0 aliphatic heterocycles. The fourth-order valence-electron chi connectivity index (χ4n) is 3.41. The normalized spacial score (nSPS) is 27.1. The third-order valence-corrected chi connectivity index (χ3v) is 4.91.